The smallest absolute Gasteiger partial charge is 0.211 e. The second-order valence-electron chi connectivity index (χ2n) is 5.01. The average Bonchev–Trinajstić information content (AvgIpc) is 2.90. The highest BCUT2D eigenvalue weighted by Gasteiger charge is 2.18. The largest absolute Gasteiger partial charge is 0.369 e. The number of benzene rings is 2. The van der Waals surface area contributed by atoms with E-state index in [1.807, 2.05) is 19.1 Å². The van der Waals surface area contributed by atoms with Crippen LogP contribution in [0.15, 0.2) is 54.7 Å². The molecule has 0 amide bonds. The van der Waals surface area contributed by atoms with Crippen LogP contribution in [-0.4, -0.2) is 15.3 Å². The molecule has 2 aromatic carbocycles. The zero-order chi connectivity index (χ0) is 15.7. The molecule has 110 valence electrons. The Kier molecular flexibility index (Phi) is 3.69. The number of hydrogen-bond donors (Lipinski definition) is 1. The third-order valence-electron chi connectivity index (χ3n) is 3.42. The Morgan fingerprint density at radius 3 is 2.36 bits per heavy atom. The molecular weight excluding hydrogens is 298 g/mol. The number of anilines is 1. The van der Waals surface area contributed by atoms with E-state index in [4.69, 9.17) is 17.3 Å². The van der Waals surface area contributed by atoms with E-state index in [2.05, 4.69) is 4.98 Å². The van der Waals surface area contributed by atoms with Crippen molar-refractivity contribution in [3.63, 3.8) is 0 Å². The van der Waals surface area contributed by atoms with Gasteiger partial charge in [0.2, 0.25) is 11.7 Å². The first-order valence-electron chi connectivity index (χ1n) is 6.77. The van der Waals surface area contributed by atoms with Crippen molar-refractivity contribution in [2.75, 3.05) is 5.73 Å². The van der Waals surface area contributed by atoms with Crippen molar-refractivity contribution in [1.82, 2.24) is 9.55 Å². The summed E-state index contributed by atoms with van der Waals surface area (Å²) in [6, 6.07) is 14.5. The number of imidazole rings is 1. The predicted molar refractivity (Wildman–Crippen MR) is 87.6 cm³/mol. The highest BCUT2D eigenvalue weighted by molar-refractivity contribution is 6.30. The molecule has 0 saturated heterocycles. The maximum absolute atomic E-state index is 12.7. The Labute approximate surface area is 133 Å². The molecule has 0 spiro atoms. The lowest BCUT2D eigenvalue weighted by molar-refractivity contribution is 0.103. The van der Waals surface area contributed by atoms with Gasteiger partial charge in [0.25, 0.3) is 0 Å². The van der Waals surface area contributed by atoms with Crippen molar-refractivity contribution in [3.05, 3.63) is 76.6 Å². The molecule has 0 unspecified atom stereocenters. The zero-order valence-electron chi connectivity index (χ0n) is 12.0. The minimum absolute atomic E-state index is 0.126. The van der Waals surface area contributed by atoms with Crippen LogP contribution >= 0.6 is 11.6 Å². The van der Waals surface area contributed by atoms with Crippen molar-refractivity contribution < 1.29 is 4.79 Å². The number of carbonyl (C=O) groups is 1. The molecule has 0 atom stereocenters. The molecule has 0 radical (unpaired) electrons. The van der Waals surface area contributed by atoms with Crippen LogP contribution in [0.5, 0.6) is 0 Å². The van der Waals surface area contributed by atoms with E-state index in [9.17, 15) is 4.79 Å². The first kappa shape index (κ1) is 14.4. The summed E-state index contributed by atoms with van der Waals surface area (Å²) in [5.74, 6) is 0.136. The van der Waals surface area contributed by atoms with Gasteiger partial charge in [0, 0.05) is 16.3 Å². The molecule has 4 nitrogen and oxygen atoms in total. The van der Waals surface area contributed by atoms with Gasteiger partial charge in [-0.1, -0.05) is 41.4 Å². The molecular formula is C17H14ClN3O. The van der Waals surface area contributed by atoms with Crippen LogP contribution in [0, 0.1) is 6.92 Å². The fourth-order valence-electron chi connectivity index (χ4n) is 2.24. The fourth-order valence-corrected chi connectivity index (χ4v) is 2.37. The SMILES string of the molecule is Cc1ccc(C(=O)c2cnc(N)n2-c2ccc(Cl)cc2)cc1. The lowest BCUT2D eigenvalue weighted by Gasteiger charge is -2.09. The Bertz CT molecular complexity index is 820. The summed E-state index contributed by atoms with van der Waals surface area (Å²) < 4.78 is 1.62. The van der Waals surface area contributed by atoms with Crippen LogP contribution in [-0.2, 0) is 0 Å². The van der Waals surface area contributed by atoms with E-state index in [0.29, 0.717) is 16.3 Å². The highest BCUT2D eigenvalue weighted by Crippen LogP contribution is 2.21. The number of hydrogen-bond acceptors (Lipinski definition) is 3. The van der Waals surface area contributed by atoms with Gasteiger partial charge in [-0.15, -0.1) is 0 Å². The molecule has 1 aromatic heterocycles. The third-order valence-corrected chi connectivity index (χ3v) is 3.67. The normalized spacial score (nSPS) is 10.6. The second kappa shape index (κ2) is 5.66. The number of aromatic nitrogens is 2. The summed E-state index contributed by atoms with van der Waals surface area (Å²) in [6.07, 6.45) is 1.49. The van der Waals surface area contributed by atoms with E-state index < -0.39 is 0 Å². The van der Waals surface area contributed by atoms with Crippen molar-refractivity contribution in [3.8, 4) is 5.69 Å². The number of carbonyl (C=O) groups excluding carboxylic acids is 1. The van der Waals surface area contributed by atoms with Gasteiger partial charge in [0.05, 0.1) is 6.20 Å². The first-order chi connectivity index (χ1) is 10.6. The lowest BCUT2D eigenvalue weighted by Crippen LogP contribution is -2.10. The summed E-state index contributed by atoms with van der Waals surface area (Å²) in [6.45, 7) is 1.98. The molecule has 0 aliphatic carbocycles. The van der Waals surface area contributed by atoms with E-state index >= 15 is 0 Å². The summed E-state index contributed by atoms with van der Waals surface area (Å²) in [5, 5.41) is 0.619. The molecule has 1 heterocycles. The molecule has 0 saturated carbocycles. The Balaban J connectivity index is 2.07. The second-order valence-corrected chi connectivity index (χ2v) is 5.45. The van der Waals surface area contributed by atoms with Gasteiger partial charge in [0.15, 0.2) is 0 Å². The van der Waals surface area contributed by atoms with E-state index in [1.165, 1.54) is 6.20 Å². The summed E-state index contributed by atoms with van der Waals surface area (Å²) in [4.78, 5) is 16.8. The number of nitrogens with zero attached hydrogens (tertiary/aromatic N) is 2. The lowest BCUT2D eigenvalue weighted by atomic mass is 10.1. The fraction of sp³-hybridized carbons (Fsp3) is 0.0588. The van der Waals surface area contributed by atoms with E-state index in [0.717, 1.165) is 11.3 Å². The number of halogens is 1. The predicted octanol–water partition coefficient (Wildman–Crippen LogP) is 3.65. The zero-order valence-corrected chi connectivity index (χ0v) is 12.7. The minimum Gasteiger partial charge on any atom is -0.369 e. The van der Waals surface area contributed by atoms with Crippen molar-refractivity contribution in [1.29, 1.82) is 0 Å². The molecule has 3 aromatic rings. The van der Waals surface area contributed by atoms with Gasteiger partial charge in [-0.05, 0) is 31.2 Å². The van der Waals surface area contributed by atoms with Crippen LogP contribution in [0.4, 0.5) is 5.95 Å². The van der Waals surface area contributed by atoms with Crippen molar-refractivity contribution in [2.45, 2.75) is 6.92 Å². The Morgan fingerprint density at radius 2 is 1.73 bits per heavy atom. The molecule has 0 fully saturated rings. The van der Waals surface area contributed by atoms with Crippen molar-refractivity contribution in [2.24, 2.45) is 0 Å². The summed E-state index contributed by atoms with van der Waals surface area (Å²) >= 11 is 5.90. The van der Waals surface area contributed by atoms with Gasteiger partial charge in [-0.3, -0.25) is 9.36 Å². The van der Waals surface area contributed by atoms with Crippen LogP contribution in [0.1, 0.15) is 21.6 Å². The van der Waals surface area contributed by atoms with Crippen LogP contribution in [0.3, 0.4) is 0 Å². The van der Waals surface area contributed by atoms with Gasteiger partial charge >= 0.3 is 0 Å². The molecule has 22 heavy (non-hydrogen) atoms. The van der Waals surface area contributed by atoms with Gasteiger partial charge in [0.1, 0.15) is 5.69 Å². The number of nitrogens with two attached hydrogens (primary N) is 1. The molecule has 0 aliphatic rings. The van der Waals surface area contributed by atoms with E-state index in [-0.39, 0.29) is 11.7 Å². The van der Waals surface area contributed by atoms with Crippen molar-refractivity contribution >= 4 is 23.3 Å². The molecule has 2 N–H and O–H groups in total. The van der Waals surface area contributed by atoms with Crippen LogP contribution in [0.25, 0.3) is 5.69 Å². The first-order valence-corrected chi connectivity index (χ1v) is 7.14. The maximum atomic E-state index is 12.7. The number of nitrogen functional groups attached to an aromatic ring is 1. The van der Waals surface area contributed by atoms with Gasteiger partial charge in [-0.2, -0.15) is 0 Å². The molecule has 5 heteroatoms. The number of ketones is 1. The highest BCUT2D eigenvalue weighted by atomic mass is 35.5. The minimum atomic E-state index is -0.126. The monoisotopic (exact) mass is 311 g/mol. The van der Waals surface area contributed by atoms with E-state index in [1.54, 1.807) is 41.0 Å². The summed E-state index contributed by atoms with van der Waals surface area (Å²) in [5.41, 5.74) is 8.78. The number of rotatable bonds is 3. The quantitative estimate of drug-likeness (QED) is 0.751. The average molecular weight is 312 g/mol. The van der Waals surface area contributed by atoms with Gasteiger partial charge < -0.3 is 5.73 Å². The number of aryl methyl sites for hydroxylation is 1. The van der Waals surface area contributed by atoms with Crippen LogP contribution < -0.4 is 5.73 Å². The van der Waals surface area contributed by atoms with Crippen LogP contribution in [0.2, 0.25) is 5.02 Å². The van der Waals surface area contributed by atoms with Gasteiger partial charge in [-0.25, -0.2) is 4.98 Å². The Hall–Kier alpha value is -2.59. The maximum Gasteiger partial charge on any atom is 0.211 e. The topological polar surface area (TPSA) is 60.9 Å². The Morgan fingerprint density at radius 1 is 1.09 bits per heavy atom. The molecule has 0 bridgehead atoms. The standard InChI is InChI=1S/C17H14ClN3O/c1-11-2-4-12(5-3-11)16(22)15-10-20-17(19)21(15)14-8-6-13(18)7-9-14/h2-10H,1H3,(H2,19,20). The summed E-state index contributed by atoms with van der Waals surface area (Å²) in [7, 11) is 0. The third kappa shape index (κ3) is 2.61. The molecule has 0 aliphatic heterocycles. The molecule has 3 rings (SSSR count).